The summed E-state index contributed by atoms with van der Waals surface area (Å²) in [5.74, 6) is 0.947. The van der Waals surface area contributed by atoms with Crippen LogP contribution < -0.4 is 10.6 Å². The Morgan fingerprint density at radius 1 is 1.48 bits per heavy atom. The van der Waals surface area contributed by atoms with Gasteiger partial charge in [0.15, 0.2) is 5.96 Å². The zero-order valence-electron chi connectivity index (χ0n) is 12.4. The molecule has 0 bridgehead atoms. The number of hydrogen-bond donors (Lipinski definition) is 2. The summed E-state index contributed by atoms with van der Waals surface area (Å²) in [5.41, 5.74) is 1.26. The Bertz CT molecular complexity index is 498. The zero-order chi connectivity index (χ0) is 14.7. The van der Waals surface area contributed by atoms with Crippen molar-refractivity contribution in [2.45, 2.75) is 44.8 Å². The average Bonchev–Trinajstić information content (AvgIpc) is 3.08. The first-order valence-corrected chi connectivity index (χ1v) is 9.43. The van der Waals surface area contributed by atoms with E-state index in [-0.39, 0.29) is 0 Å². The Hall–Kier alpha value is -0.590. The summed E-state index contributed by atoms with van der Waals surface area (Å²) in [7, 11) is 0. The molecule has 6 heteroatoms. The molecule has 116 valence electrons. The first kappa shape index (κ1) is 15.3. The van der Waals surface area contributed by atoms with Gasteiger partial charge in [0.05, 0.1) is 10.3 Å². The molecule has 1 aromatic heterocycles. The van der Waals surface area contributed by atoms with Crippen LogP contribution in [0.25, 0.3) is 0 Å². The highest BCUT2D eigenvalue weighted by Crippen LogP contribution is 2.29. The van der Waals surface area contributed by atoms with Gasteiger partial charge in [-0.3, -0.25) is 4.90 Å². The molecule has 1 aliphatic heterocycles. The van der Waals surface area contributed by atoms with E-state index in [2.05, 4.69) is 49.8 Å². The van der Waals surface area contributed by atoms with Gasteiger partial charge in [-0.15, -0.1) is 11.3 Å². The lowest BCUT2D eigenvalue weighted by Gasteiger charge is -2.18. The summed E-state index contributed by atoms with van der Waals surface area (Å²) in [5, 5.41) is 9.11. The van der Waals surface area contributed by atoms with Crippen LogP contribution in [0.1, 0.15) is 31.7 Å². The van der Waals surface area contributed by atoms with Crippen molar-refractivity contribution < 1.29 is 0 Å². The lowest BCUT2D eigenvalue weighted by molar-refractivity contribution is 0.321. The van der Waals surface area contributed by atoms with Crippen LogP contribution in [0.2, 0.25) is 0 Å². The maximum Gasteiger partial charge on any atom is 0.191 e. The molecule has 1 saturated heterocycles. The number of rotatable bonds is 5. The van der Waals surface area contributed by atoms with Gasteiger partial charge in [-0.2, -0.15) is 0 Å². The topological polar surface area (TPSA) is 39.7 Å². The van der Waals surface area contributed by atoms with E-state index in [1.807, 2.05) is 0 Å². The van der Waals surface area contributed by atoms with Crippen molar-refractivity contribution in [1.29, 1.82) is 0 Å². The van der Waals surface area contributed by atoms with Crippen LogP contribution in [0.5, 0.6) is 0 Å². The van der Waals surface area contributed by atoms with E-state index in [4.69, 9.17) is 4.99 Å². The summed E-state index contributed by atoms with van der Waals surface area (Å²) in [4.78, 5) is 7.33. The first-order valence-electron chi connectivity index (χ1n) is 7.76. The largest absolute Gasteiger partial charge is 0.357 e. The van der Waals surface area contributed by atoms with Crippen molar-refractivity contribution in [2.75, 3.05) is 19.6 Å². The van der Waals surface area contributed by atoms with Gasteiger partial charge in [-0.05, 0) is 59.1 Å². The van der Waals surface area contributed by atoms with Crippen molar-refractivity contribution in [2.24, 2.45) is 4.99 Å². The summed E-state index contributed by atoms with van der Waals surface area (Å²) in [6.45, 7) is 6.15. The fraction of sp³-hybridized carbons (Fsp3) is 0.667. The molecule has 2 N–H and O–H groups in total. The second-order valence-corrected chi connectivity index (χ2v) is 8.10. The molecule has 1 atom stereocenters. The number of nitrogens with one attached hydrogen (secondary N) is 2. The lowest BCUT2D eigenvalue weighted by atomic mass is 10.3. The SMILES string of the molecule is CCNC(=NCc1csc(Br)c1)NC1CCN(C2CC2)C1. The van der Waals surface area contributed by atoms with Crippen molar-refractivity contribution in [3.63, 3.8) is 0 Å². The molecule has 1 unspecified atom stereocenters. The normalized spacial score (nSPS) is 23.5. The molecule has 0 radical (unpaired) electrons. The Morgan fingerprint density at radius 2 is 2.33 bits per heavy atom. The molecule has 2 fully saturated rings. The van der Waals surface area contributed by atoms with Crippen LogP contribution in [-0.4, -0.2) is 42.6 Å². The molecule has 0 spiro atoms. The summed E-state index contributed by atoms with van der Waals surface area (Å²) in [6.07, 6.45) is 4.02. The third kappa shape index (κ3) is 4.44. The standard InChI is InChI=1S/C15H23BrN4S/c1-2-17-15(18-8-11-7-14(16)21-10-11)19-12-5-6-20(9-12)13-3-4-13/h7,10,12-13H,2-6,8-9H2,1H3,(H2,17,18,19). The monoisotopic (exact) mass is 370 g/mol. The number of thiophene rings is 1. The Morgan fingerprint density at radius 3 is 3.00 bits per heavy atom. The Kier molecular flexibility index (Phi) is 5.19. The van der Waals surface area contributed by atoms with Gasteiger partial charge >= 0.3 is 0 Å². The van der Waals surface area contributed by atoms with E-state index in [0.29, 0.717) is 6.04 Å². The lowest BCUT2D eigenvalue weighted by Crippen LogP contribution is -2.44. The van der Waals surface area contributed by atoms with E-state index in [1.54, 1.807) is 11.3 Å². The minimum atomic E-state index is 0.539. The number of guanidine groups is 1. The predicted molar refractivity (Wildman–Crippen MR) is 93.0 cm³/mol. The molecule has 21 heavy (non-hydrogen) atoms. The molecule has 2 aliphatic rings. The first-order chi connectivity index (χ1) is 10.2. The van der Waals surface area contributed by atoms with E-state index < -0.39 is 0 Å². The van der Waals surface area contributed by atoms with E-state index in [9.17, 15) is 0 Å². The molecule has 0 aromatic carbocycles. The summed E-state index contributed by atoms with van der Waals surface area (Å²) >= 11 is 5.21. The van der Waals surface area contributed by atoms with Gasteiger partial charge in [-0.1, -0.05) is 0 Å². The number of likely N-dealkylation sites (tertiary alicyclic amines) is 1. The van der Waals surface area contributed by atoms with E-state index >= 15 is 0 Å². The van der Waals surface area contributed by atoms with Crippen LogP contribution in [0.3, 0.4) is 0 Å². The minimum Gasteiger partial charge on any atom is -0.357 e. The average molecular weight is 371 g/mol. The second-order valence-electron chi connectivity index (χ2n) is 5.81. The smallest absolute Gasteiger partial charge is 0.191 e. The summed E-state index contributed by atoms with van der Waals surface area (Å²) in [6, 6.07) is 3.55. The number of halogens is 1. The van der Waals surface area contributed by atoms with E-state index in [1.165, 1.54) is 41.7 Å². The minimum absolute atomic E-state index is 0.539. The highest BCUT2D eigenvalue weighted by atomic mass is 79.9. The van der Waals surface area contributed by atoms with Crippen molar-refractivity contribution >= 4 is 33.2 Å². The molecule has 0 amide bonds. The fourth-order valence-corrected chi connectivity index (χ4v) is 3.99. The highest BCUT2D eigenvalue weighted by molar-refractivity contribution is 9.11. The molecular weight excluding hydrogens is 348 g/mol. The van der Waals surface area contributed by atoms with Crippen LogP contribution >= 0.6 is 27.3 Å². The summed E-state index contributed by atoms with van der Waals surface area (Å²) < 4.78 is 1.17. The molecule has 1 saturated carbocycles. The Balaban J connectivity index is 1.53. The van der Waals surface area contributed by atoms with Gasteiger partial charge in [-0.25, -0.2) is 4.99 Å². The molecule has 1 aliphatic carbocycles. The predicted octanol–water partition coefficient (Wildman–Crippen LogP) is 2.80. The quantitative estimate of drug-likeness (QED) is 0.618. The number of nitrogens with zero attached hydrogens (tertiary/aromatic N) is 2. The van der Waals surface area contributed by atoms with Gasteiger partial charge in [0, 0.05) is 31.7 Å². The molecular formula is C15H23BrN4S. The van der Waals surface area contributed by atoms with Crippen molar-refractivity contribution in [1.82, 2.24) is 15.5 Å². The molecule has 4 nitrogen and oxygen atoms in total. The van der Waals surface area contributed by atoms with Crippen molar-refractivity contribution in [3.05, 3.63) is 20.8 Å². The molecule has 1 aromatic rings. The van der Waals surface area contributed by atoms with Gasteiger partial charge in [0.25, 0.3) is 0 Å². The van der Waals surface area contributed by atoms with Crippen LogP contribution in [-0.2, 0) is 6.54 Å². The van der Waals surface area contributed by atoms with Crippen LogP contribution in [0.4, 0.5) is 0 Å². The van der Waals surface area contributed by atoms with Gasteiger partial charge in [0.1, 0.15) is 0 Å². The molecule has 2 heterocycles. The van der Waals surface area contributed by atoms with Crippen LogP contribution in [0.15, 0.2) is 20.2 Å². The maximum atomic E-state index is 4.71. The zero-order valence-corrected chi connectivity index (χ0v) is 14.8. The maximum absolute atomic E-state index is 4.71. The fourth-order valence-electron chi connectivity index (χ4n) is 2.79. The number of hydrogen-bond acceptors (Lipinski definition) is 3. The van der Waals surface area contributed by atoms with Gasteiger partial charge < -0.3 is 10.6 Å². The Labute approximate surface area is 139 Å². The van der Waals surface area contributed by atoms with E-state index in [0.717, 1.165) is 25.1 Å². The second kappa shape index (κ2) is 7.11. The number of aliphatic imine (C=N–C) groups is 1. The molecule has 3 rings (SSSR count). The van der Waals surface area contributed by atoms with Crippen LogP contribution in [0, 0.1) is 0 Å². The highest BCUT2D eigenvalue weighted by Gasteiger charge is 2.34. The van der Waals surface area contributed by atoms with Crippen molar-refractivity contribution in [3.8, 4) is 0 Å². The third-order valence-electron chi connectivity index (χ3n) is 4.01. The van der Waals surface area contributed by atoms with Gasteiger partial charge in [0.2, 0.25) is 0 Å². The third-order valence-corrected chi connectivity index (χ3v) is 5.56.